The summed E-state index contributed by atoms with van der Waals surface area (Å²) in [5.41, 5.74) is 3.32. The molecule has 2 aliphatic rings. The van der Waals surface area contributed by atoms with Gasteiger partial charge < -0.3 is 19.5 Å². The summed E-state index contributed by atoms with van der Waals surface area (Å²) in [7, 11) is 0. The van der Waals surface area contributed by atoms with Gasteiger partial charge in [0.2, 0.25) is 11.8 Å². The van der Waals surface area contributed by atoms with Gasteiger partial charge in [0, 0.05) is 44.5 Å². The molecule has 0 bridgehead atoms. The number of carbonyl (C=O) groups excluding carboxylic acids is 1. The fraction of sp³-hybridized carbons (Fsp3) is 0.438. The predicted octanol–water partition coefficient (Wildman–Crippen LogP) is 4.78. The Morgan fingerprint density at radius 1 is 0.825 bits per heavy atom. The van der Waals surface area contributed by atoms with Crippen LogP contribution in [-0.2, 0) is 29.2 Å². The van der Waals surface area contributed by atoms with Gasteiger partial charge in [-0.2, -0.15) is 0 Å². The van der Waals surface area contributed by atoms with Gasteiger partial charge in [-0.25, -0.2) is 4.98 Å². The summed E-state index contributed by atoms with van der Waals surface area (Å²) in [4.78, 5) is 22.2. The Kier molecular flexibility index (Phi) is 10.4. The van der Waals surface area contributed by atoms with Gasteiger partial charge in [0.25, 0.3) is 0 Å². The van der Waals surface area contributed by atoms with Gasteiger partial charge in [0.05, 0.1) is 26.4 Å². The van der Waals surface area contributed by atoms with Crippen LogP contribution in [0.1, 0.15) is 42.4 Å². The van der Waals surface area contributed by atoms with Gasteiger partial charge in [-0.3, -0.25) is 14.6 Å². The Morgan fingerprint density at radius 3 is 2.55 bits per heavy atom. The summed E-state index contributed by atoms with van der Waals surface area (Å²) in [5.74, 6) is 1.93. The zero-order valence-corrected chi connectivity index (χ0v) is 23.2. The molecule has 2 aromatic carbocycles. The number of rotatable bonds is 6. The first-order valence-corrected chi connectivity index (χ1v) is 14.4. The second-order valence-corrected chi connectivity index (χ2v) is 10.5. The van der Waals surface area contributed by atoms with Crippen molar-refractivity contribution in [2.45, 2.75) is 45.3 Å². The maximum absolute atomic E-state index is 13.1. The first-order chi connectivity index (χ1) is 19.7. The van der Waals surface area contributed by atoms with Crippen LogP contribution in [0.15, 0.2) is 66.9 Å². The van der Waals surface area contributed by atoms with Crippen LogP contribution in [0.25, 0.3) is 0 Å². The molecule has 0 aliphatic carbocycles. The first kappa shape index (κ1) is 28.1. The highest BCUT2D eigenvalue weighted by Crippen LogP contribution is 2.32. The van der Waals surface area contributed by atoms with Crippen molar-refractivity contribution < 1.29 is 19.0 Å². The van der Waals surface area contributed by atoms with E-state index in [4.69, 9.17) is 14.2 Å². The minimum atomic E-state index is 0.0183. The summed E-state index contributed by atoms with van der Waals surface area (Å²) in [6.45, 7) is 7.30. The number of nitrogens with zero attached hydrogens (tertiary/aromatic N) is 3. The molecule has 3 heterocycles. The number of benzene rings is 2. The Morgan fingerprint density at radius 2 is 1.65 bits per heavy atom. The molecule has 1 fully saturated rings. The van der Waals surface area contributed by atoms with E-state index in [0.29, 0.717) is 37.9 Å². The summed E-state index contributed by atoms with van der Waals surface area (Å²) in [6.07, 6.45) is 5.91. The standard InChI is InChI=1S/C32H40N4O4/c37-31(34-22-26-9-7-10-27(21-26)23-35-16-19-38-20-17-35)25-36-15-5-1-2-6-18-39-29-12-3-4-13-30(29)40-32-28(24-36)11-8-14-33-32/h3-4,7-14,21H,1-2,5-6,15-20,22-25H2,(H,34,37). The van der Waals surface area contributed by atoms with E-state index in [1.54, 1.807) is 6.20 Å². The Hall–Kier alpha value is -3.46. The van der Waals surface area contributed by atoms with Crippen molar-refractivity contribution in [3.05, 3.63) is 83.6 Å². The molecular weight excluding hydrogens is 504 g/mol. The molecule has 3 aromatic rings. The number of hydrogen-bond acceptors (Lipinski definition) is 7. The molecule has 0 saturated carbocycles. The van der Waals surface area contributed by atoms with E-state index in [2.05, 4.69) is 44.4 Å². The Labute approximate surface area is 237 Å². The van der Waals surface area contributed by atoms with E-state index in [9.17, 15) is 4.79 Å². The molecule has 0 spiro atoms. The molecule has 1 saturated heterocycles. The number of carbonyl (C=O) groups is 1. The topological polar surface area (TPSA) is 76.2 Å². The first-order valence-electron chi connectivity index (χ1n) is 14.4. The fourth-order valence-electron chi connectivity index (χ4n) is 5.14. The SMILES string of the molecule is O=C(CN1CCCCCCOc2ccccc2Oc2ncccc2C1)NCc1cccc(CN2CCOCC2)c1. The van der Waals surface area contributed by atoms with Gasteiger partial charge in [0.15, 0.2) is 11.5 Å². The van der Waals surface area contributed by atoms with E-state index in [1.165, 1.54) is 5.56 Å². The molecule has 0 atom stereocenters. The number of hydrogen-bond donors (Lipinski definition) is 1. The zero-order chi connectivity index (χ0) is 27.4. The molecule has 1 amide bonds. The van der Waals surface area contributed by atoms with Gasteiger partial charge in [-0.1, -0.05) is 55.3 Å². The number of amides is 1. The molecule has 5 rings (SSSR count). The van der Waals surface area contributed by atoms with Crippen LogP contribution in [0.4, 0.5) is 0 Å². The predicted molar refractivity (Wildman–Crippen MR) is 154 cm³/mol. The van der Waals surface area contributed by atoms with Crippen molar-refractivity contribution in [2.75, 3.05) is 46.0 Å². The van der Waals surface area contributed by atoms with Crippen LogP contribution in [-0.4, -0.2) is 66.7 Å². The molecule has 40 heavy (non-hydrogen) atoms. The number of ether oxygens (including phenoxy) is 3. The van der Waals surface area contributed by atoms with Gasteiger partial charge in [-0.05, 0) is 48.7 Å². The smallest absolute Gasteiger partial charge is 0.234 e. The second kappa shape index (κ2) is 14.8. The quantitative estimate of drug-likeness (QED) is 0.479. The second-order valence-electron chi connectivity index (χ2n) is 10.5. The van der Waals surface area contributed by atoms with Gasteiger partial charge in [-0.15, -0.1) is 0 Å². The van der Waals surface area contributed by atoms with Crippen molar-refractivity contribution in [1.82, 2.24) is 20.1 Å². The third-order valence-electron chi connectivity index (χ3n) is 7.28. The number of pyridine rings is 1. The number of morpholine rings is 1. The normalized spacial score (nSPS) is 17.4. The molecule has 212 valence electrons. The number of nitrogens with one attached hydrogen (secondary N) is 1. The molecular formula is C32H40N4O4. The van der Waals surface area contributed by atoms with Crippen molar-refractivity contribution in [1.29, 1.82) is 0 Å². The van der Waals surface area contributed by atoms with E-state index < -0.39 is 0 Å². The lowest BCUT2D eigenvalue weighted by atomic mass is 10.1. The van der Waals surface area contributed by atoms with Crippen molar-refractivity contribution >= 4 is 5.91 Å². The largest absolute Gasteiger partial charge is 0.490 e. The maximum atomic E-state index is 13.1. The number of fused-ring (bicyclic) bond motifs is 2. The van der Waals surface area contributed by atoms with Crippen LogP contribution in [0.3, 0.4) is 0 Å². The summed E-state index contributed by atoms with van der Waals surface area (Å²) >= 11 is 0. The van der Waals surface area contributed by atoms with Gasteiger partial charge in [0.1, 0.15) is 0 Å². The minimum Gasteiger partial charge on any atom is -0.490 e. The Bertz CT molecular complexity index is 1230. The van der Waals surface area contributed by atoms with E-state index in [-0.39, 0.29) is 5.91 Å². The van der Waals surface area contributed by atoms with Crippen molar-refractivity contribution in [3.63, 3.8) is 0 Å². The molecule has 8 nitrogen and oxygen atoms in total. The monoisotopic (exact) mass is 544 g/mol. The van der Waals surface area contributed by atoms with Crippen LogP contribution < -0.4 is 14.8 Å². The lowest BCUT2D eigenvalue weighted by Gasteiger charge is -2.26. The molecule has 0 unspecified atom stereocenters. The van der Waals surface area contributed by atoms with Crippen molar-refractivity contribution in [3.8, 4) is 17.4 Å². The minimum absolute atomic E-state index is 0.0183. The average molecular weight is 545 g/mol. The maximum Gasteiger partial charge on any atom is 0.234 e. The summed E-state index contributed by atoms with van der Waals surface area (Å²) in [5, 5.41) is 3.14. The van der Waals surface area contributed by atoms with E-state index >= 15 is 0 Å². The molecule has 8 heteroatoms. The van der Waals surface area contributed by atoms with E-state index in [1.807, 2.05) is 36.4 Å². The molecule has 2 aliphatic heterocycles. The molecule has 1 aromatic heterocycles. The summed E-state index contributed by atoms with van der Waals surface area (Å²) < 4.78 is 17.7. The van der Waals surface area contributed by atoms with Crippen LogP contribution in [0.5, 0.6) is 17.4 Å². The average Bonchev–Trinajstić information content (AvgIpc) is 2.98. The zero-order valence-electron chi connectivity index (χ0n) is 23.2. The fourth-order valence-corrected chi connectivity index (χ4v) is 5.14. The highest BCUT2D eigenvalue weighted by atomic mass is 16.5. The Balaban J connectivity index is 1.22. The van der Waals surface area contributed by atoms with Crippen LogP contribution in [0.2, 0.25) is 0 Å². The van der Waals surface area contributed by atoms with Crippen LogP contribution in [0, 0.1) is 0 Å². The van der Waals surface area contributed by atoms with E-state index in [0.717, 1.165) is 82.0 Å². The number of para-hydroxylation sites is 2. The lowest BCUT2D eigenvalue weighted by molar-refractivity contribution is -0.122. The van der Waals surface area contributed by atoms with Gasteiger partial charge >= 0.3 is 0 Å². The third kappa shape index (κ3) is 8.52. The van der Waals surface area contributed by atoms with Crippen molar-refractivity contribution in [2.24, 2.45) is 0 Å². The number of aromatic nitrogens is 1. The highest BCUT2D eigenvalue weighted by Gasteiger charge is 2.17. The lowest BCUT2D eigenvalue weighted by Crippen LogP contribution is -2.37. The highest BCUT2D eigenvalue weighted by molar-refractivity contribution is 5.78. The van der Waals surface area contributed by atoms with Crippen LogP contribution >= 0.6 is 0 Å². The summed E-state index contributed by atoms with van der Waals surface area (Å²) in [6, 6.07) is 20.1. The molecule has 1 N–H and O–H groups in total. The molecule has 0 radical (unpaired) electrons. The third-order valence-corrected chi connectivity index (χ3v) is 7.28.